The van der Waals surface area contributed by atoms with Crippen molar-refractivity contribution in [2.24, 2.45) is 0 Å². The molecule has 0 radical (unpaired) electrons. The Kier molecular flexibility index (Phi) is 4.08. The number of allylic oxidation sites excluding steroid dienone is 1. The number of hydrogen-bond donors (Lipinski definition) is 0. The molecule has 2 aliphatic rings. The zero-order valence-electron chi connectivity index (χ0n) is 14.2. The molecule has 1 spiro atoms. The molecule has 0 N–H and O–H groups in total. The zero-order valence-corrected chi connectivity index (χ0v) is 15.0. The van der Waals surface area contributed by atoms with Crippen LogP contribution < -0.4 is 4.74 Å². The van der Waals surface area contributed by atoms with Gasteiger partial charge < -0.3 is 9.47 Å². The van der Waals surface area contributed by atoms with Crippen LogP contribution in [-0.2, 0) is 19.7 Å². The van der Waals surface area contributed by atoms with Gasteiger partial charge in [0, 0.05) is 16.5 Å². The summed E-state index contributed by atoms with van der Waals surface area (Å²) in [6, 6.07) is 14.6. The van der Waals surface area contributed by atoms with Crippen LogP contribution in [0.2, 0.25) is 5.02 Å². The minimum Gasteiger partial charge on any atom is -0.463 e. The van der Waals surface area contributed by atoms with E-state index < -0.39 is 17.4 Å². The van der Waals surface area contributed by atoms with Gasteiger partial charge in [0.25, 0.3) is 0 Å². The minimum atomic E-state index is -1.18. The summed E-state index contributed by atoms with van der Waals surface area (Å²) in [5.41, 5.74) is 0.811. The van der Waals surface area contributed by atoms with Crippen molar-refractivity contribution in [3.05, 3.63) is 76.3 Å². The molecule has 2 aromatic carbocycles. The highest BCUT2D eigenvalue weighted by Gasteiger charge is 2.61. The van der Waals surface area contributed by atoms with Gasteiger partial charge >= 0.3 is 11.9 Å². The Balaban J connectivity index is 1.91. The van der Waals surface area contributed by atoms with Crippen LogP contribution in [0.1, 0.15) is 30.4 Å². The largest absolute Gasteiger partial charge is 0.463 e. The monoisotopic (exact) mass is 368 g/mol. The number of fused-ring (bicyclic) bond motifs is 2. The van der Waals surface area contributed by atoms with Crippen molar-refractivity contribution in [1.82, 2.24) is 0 Å². The lowest BCUT2D eigenvalue weighted by Crippen LogP contribution is -2.41. The average Bonchev–Trinajstić information content (AvgIpc) is 3.17. The standard InChI is InChI=1S/C21H17ClO4/c1-2-25-19(23)17-12-11-15(13-7-9-14(22)10-8-13)21(17)16-5-3-4-6-18(16)26-20(21)24/h3-10,12,15H,2,11H2,1H3/t15-,21+/m1/s1. The first-order valence-corrected chi connectivity index (χ1v) is 8.91. The number of carbonyl (C=O) groups is 2. The van der Waals surface area contributed by atoms with Gasteiger partial charge in [-0.1, -0.05) is 48.0 Å². The van der Waals surface area contributed by atoms with E-state index in [0.29, 0.717) is 28.3 Å². The third-order valence-electron chi connectivity index (χ3n) is 5.11. The lowest BCUT2D eigenvalue weighted by atomic mass is 9.67. The zero-order chi connectivity index (χ0) is 18.3. The highest BCUT2D eigenvalue weighted by molar-refractivity contribution is 6.30. The Morgan fingerprint density at radius 3 is 2.69 bits per heavy atom. The van der Waals surface area contributed by atoms with Gasteiger partial charge in [-0.2, -0.15) is 0 Å². The molecule has 0 saturated carbocycles. The summed E-state index contributed by atoms with van der Waals surface area (Å²) in [5, 5.41) is 0.619. The Morgan fingerprint density at radius 2 is 1.96 bits per heavy atom. The SMILES string of the molecule is CCOC(=O)C1=CC[C@H](c2ccc(Cl)cc2)[C@@]12C(=O)Oc1ccccc12. The van der Waals surface area contributed by atoms with E-state index in [0.717, 1.165) is 5.56 Å². The topological polar surface area (TPSA) is 52.6 Å². The van der Waals surface area contributed by atoms with Crippen molar-refractivity contribution in [2.45, 2.75) is 24.7 Å². The van der Waals surface area contributed by atoms with Crippen molar-refractivity contribution in [3.8, 4) is 5.75 Å². The van der Waals surface area contributed by atoms with Crippen LogP contribution in [0.5, 0.6) is 5.75 Å². The van der Waals surface area contributed by atoms with Crippen molar-refractivity contribution in [3.63, 3.8) is 0 Å². The third kappa shape index (κ3) is 2.29. The average molecular weight is 369 g/mol. The number of hydrogen-bond acceptors (Lipinski definition) is 4. The highest BCUT2D eigenvalue weighted by Crippen LogP contribution is 2.57. The first-order valence-electron chi connectivity index (χ1n) is 8.54. The van der Waals surface area contributed by atoms with E-state index in [9.17, 15) is 9.59 Å². The summed E-state index contributed by atoms with van der Waals surface area (Å²) >= 11 is 6.02. The molecule has 1 aliphatic heterocycles. The first kappa shape index (κ1) is 16.9. The van der Waals surface area contributed by atoms with Crippen molar-refractivity contribution >= 4 is 23.5 Å². The number of para-hydroxylation sites is 1. The normalized spacial score (nSPS) is 23.5. The van der Waals surface area contributed by atoms with Crippen LogP contribution in [0.25, 0.3) is 0 Å². The van der Waals surface area contributed by atoms with Crippen molar-refractivity contribution in [1.29, 1.82) is 0 Å². The van der Waals surface area contributed by atoms with E-state index in [4.69, 9.17) is 21.1 Å². The second-order valence-electron chi connectivity index (χ2n) is 6.37. The Hall–Kier alpha value is -2.59. The summed E-state index contributed by atoms with van der Waals surface area (Å²) in [6.45, 7) is 1.99. The Labute approximate surface area is 156 Å². The van der Waals surface area contributed by atoms with E-state index in [2.05, 4.69) is 0 Å². The molecule has 0 bridgehead atoms. The summed E-state index contributed by atoms with van der Waals surface area (Å²) in [6.07, 6.45) is 2.35. The van der Waals surface area contributed by atoms with Gasteiger partial charge in [0.15, 0.2) is 0 Å². The van der Waals surface area contributed by atoms with Crippen LogP contribution in [0.3, 0.4) is 0 Å². The number of rotatable bonds is 3. The fourth-order valence-electron chi connectivity index (χ4n) is 4.05. The molecule has 5 heteroatoms. The van der Waals surface area contributed by atoms with Gasteiger partial charge in [-0.3, -0.25) is 4.79 Å². The van der Waals surface area contributed by atoms with Crippen molar-refractivity contribution in [2.75, 3.05) is 6.61 Å². The molecular formula is C21H17ClO4. The number of halogens is 1. The van der Waals surface area contributed by atoms with Gasteiger partial charge in [0.2, 0.25) is 0 Å². The lowest BCUT2D eigenvalue weighted by Gasteiger charge is -2.31. The molecule has 0 saturated heterocycles. The molecule has 1 heterocycles. The van der Waals surface area contributed by atoms with E-state index in [1.165, 1.54) is 0 Å². The van der Waals surface area contributed by atoms with Gasteiger partial charge in [0.05, 0.1) is 12.2 Å². The number of ether oxygens (including phenoxy) is 2. The summed E-state index contributed by atoms with van der Waals surface area (Å²) in [4.78, 5) is 25.8. The quantitative estimate of drug-likeness (QED) is 0.602. The lowest BCUT2D eigenvalue weighted by molar-refractivity contribution is -0.144. The highest BCUT2D eigenvalue weighted by atomic mass is 35.5. The van der Waals surface area contributed by atoms with Crippen LogP contribution in [0.15, 0.2) is 60.2 Å². The molecule has 0 amide bonds. The van der Waals surface area contributed by atoms with Crippen LogP contribution >= 0.6 is 11.6 Å². The fourth-order valence-corrected chi connectivity index (χ4v) is 4.18. The van der Waals surface area contributed by atoms with Gasteiger partial charge in [-0.05, 0) is 37.1 Å². The summed E-state index contributed by atoms with van der Waals surface area (Å²) in [5.74, 6) is -0.669. The fraction of sp³-hybridized carbons (Fsp3) is 0.238. The van der Waals surface area contributed by atoms with E-state index in [-0.39, 0.29) is 12.5 Å². The maximum Gasteiger partial charge on any atom is 0.335 e. The predicted octanol–water partition coefficient (Wildman–Crippen LogP) is 4.17. The minimum absolute atomic E-state index is 0.245. The first-order chi connectivity index (χ1) is 12.6. The molecule has 26 heavy (non-hydrogen) atoms. The van der Waals surface area contributed by atoms with Crippen LogP contribution in [0, 0.1) is 0 Å². The van der Waals surface area contributed by atoms with E-state index >= 15 is 0 Å². The molecule has 0 aromatic heterocycles. The Morgan fingerprint density at radius 1 is 1.23 bits per heavy atom. The van der Waals surface area contributed by atoms with Crippen LogP contribution in [-0.4, -0.2) is 18.5 Å². The van der Waals surface area contributed by atoms with Gasteiger partial charge in [-0.15, -0.1) is 0 Å². The maximum absolute atomic E-state index is 13.1. The molecule has 2 atom stereocenters. The van der Waals surface area contributed by atoms with Crippen LogP contribution in [0.4, 0.5) is 0 Å². The molecule has 2 aromatic rings. The van der Waals surface area contributed by atoms with E-state index in [1.807, 2.05) is 30.3 Å². The number of esters is 2. The van der Waals surface area contributed by atoms with E-state index in [1.54, 1.807) is 31.2 Å². The summed E-state index contributed by atoms with van der Waals surface area (Å²) < 4.78 is 10.8. The molecule has 132 valence electrons. The second kappa shape index (κ2) is 6.29. The van der Waals surface area contributed by atoms with Gasteiger partial charge in [-0.25, -0.2) is 4.79 Å². The molecule has 4 rings (SSSR count). The predicted molar refractivity (Wildman–Crippen MR) is 97.3 cm³/mol. The molecule has 1 aliphatic carbocycles. The molecule has 0 fully saturated rings. The number of carbonyl (C=O) groups excluding carboxylic acids is 2. The molecule has 4 nitrogen and oxygen atoms in total. The third-order valence-corrected chi connectivity index (χ3v) is 5.36. The summed E-state index contributed by atoms with van der Waals surface area (Å²) in [7, 11) is 0. The van der Waals surface area contributed by atoms with Crippen molar-refractivity contribution < 1.29 is 19.1 Å². The maximum atomic E-state index is 13.1. The number of benzene rings is 2. The molecule has 0 unspecified atom stereocenters. The smallest absolute Gasteiger partial charge is 0.335 e. The van der Waals surface area contributed by atoms with Gasteiger partial charge in [0.1, 0.15) is 11.2 Å². The molecular weight excluding hydrogens is 352 g/mol. The second-order valence-corrected chi connectivity index (χ2v) is 6.81. The Bertz CT molecular complexity index is 916.